The Morgan fingerprint density at radius 2 is 1.93 bits per heavy atom. The highest BCUT2D eigenvalue weighted by Crippen LogP contribution is 2.29. The van der Waals surface area contributed by atoms with Gasteiger partial charge in [0.15, 0.2) is 0 Å². The van der Waals surface area contributed by atoms with E-state index in [2.05, 4.69) is 20.1 Å². The van der Waals surface area contributed by atoms with Crippen molar-refractivity contribution in [2.24, 2.45) is 0 Å². The molecule has 2 aromatic heterocycles. The summed E-state index contributed by atoms with van der Waals surface area (Å²) in [5.74, 6) is 1.25. The number of H-pyrrole nitrogens is 1. The lowest BCUT2D eigenvalue weighted by Gasteiger charge is -2.31. The van der Waals surface area contributed by atoms with Crippen molar-refractivity contribution in [1.29, 1.82) is 0 Å². The number of aromatic nitrogens is 4. The van der Waals surface area contributed by atoms with Gasteiger partial charge < -0.3 is 9.42 Å². The van der Waals surface area contributed by atoms with E-state index in [1.807, 2.05) is 23.1 Å². The summed E-state index contributed by atoms with van der Waals surface area (Å²) in [6, 6.07) is 13.3. The maximum absolute atomic E-state index is 13.1. The lowest BCUT2D eigenvalue weighted by molar-refractivity contribution is 0.332. The van der Waals surface area contributed by atoms with Gasteiger partial charge in [-0.15, -0.1) is 0 Å². The predicted octanol–water partition coefficient (Wildman–Crippen LogP) is 3.50. The van der Waals surface area contributed by atoms with Crippen LogP contribution < -0.4 is 10.5 Å². The van der Waals surface area contributed by atoms with Gasteiger partial charge in [-0.05, 0) is 49.2 Å². The Bertz CT molecular complexity index is 1220. The van der Waals surface area contributed by atoms with E-state index in [4.69, 9.17) is 4.52 Å². The van der Waals surface area contributed by atoms with Gasteiger partial charge >= 0.3 is 0 Å². The maximum atomic E-state index is 13.1. The normalized spacial score (nSPS) is 17.0. The Morgan fingerprint density at radius 1 is 1.10 bits per heavy atom. The van der Waals surface area contributed by atoms with Crippen LogP contribution in [-0.2, 0) is 0 Å². The van der Waals surface area contributed by atoms with Crippen LogP contribution in [-0.4, -0.2) is 33.2 Å². The molecule has 146 valence electrons. The molecule has 1 unspecified atom stereocenters. The molecule has 8 heteroatoms. The smallest absolute Gasteiger partial charge is 0.260 e. The number of hydrogen-bond acceptors (Lipinski definition) is 6. The minimum atomic E-state index is -0.308. The molecule has 0 radical (unpaired) electrons. The van der Waals surface area contributed by atoms with Crippen LogP contribution in [0.3, 0.4) is 0 Å². The zero-order valence-corrected chi connectivity index (χ0v) is 15.5. The molecule has 1 atom stereocenters. The minimum Gasteiger partial charge on any atom is -0.342 e. The van der Waals surface area contributed by atoms with Crippen LogP contribution >= 0.6 is 0 Å². The number of anilines is 1. The molecule has 1 saturated heterocycles. The molecule has 1 fully saturated rings. The van der Waals surface area contributed by atoms with Gasteiger partial charge in [0.05, 0.1) is 16.8 Å². The number of halogens is 1. The van der Waals surface area contributed by atoms with Crippen molar-refractivity contribution in [3.8, 4) is 11.4 Å². The maximum Gasteiger partial charge on any atom is 0.260 e. The highest BCUT2D eigenvalue weighted by atomic mass is 19.1. The molecule has 0 bridgehead atoms. The van der Waals surface area contributed by atoms with Crippen molar-refractivity contribution in [3.05, 3.63) is 70.6 Å². The third kappa shape index (κ3) is 3.37. The number of aromatic amines is 1. The monoisotopic (exact) mass is 391 g/mol. The number of para-hydroxylation sites is 1. The average Bonchev–Trinajstić information content (AvgIpc) is 3.25. The fourth-order valence-electron chi connectivity index (χ4n) is 3.71. The van der Waals surface area contributed by atoms with Crippen LogP contribution in [0.1, 0.15) is 24.7 Å². The number of piperidine rings is 1. The van der Waals surface area contributed by atoms with E-state index in [-0.39, 0.29) is 17.3 Å². The molecule has 0 spiro atoms. The SMILES string of the molecule is O=c1[nH]c(N2CCCC(c3nc(-c4ccc(F)cc4)no3)C2)nc2ccccc12. The van der Waals surface area contributed by atoms with Gasteiger partial charge in [-0.3, -0.25) is 9.78 Å². The fourth-order valence-corrected chi connectivity index (χ4v) is 3.71. The quantitative estimate of drug-likeness (QED) is 0.575. The standard InChI is InChI=1S/C21H18FN5O2/c22-15-9-7-13(8-10-15)18-24-20(29-26-18)14-4-3-11-27(12-14)21-23-17-6-2-1-5-16(17)19(28)25-21/h1-2,5-10,14H,3-4,11-12H2,(H,23,25,28). The van der Waals surface area contributed by atoms with E-state index in [1.165, 1.54) is 12.1 Å². The molecule has 1 aliphatic rings. The van der Waals surface area contributed by atoms with Gasteiger partial charge in [0.25, 0.3) is 5.56 Å². The van der Waals surface area contributed by atoms with Crippen LogP contribution in [0.2, 0.25) is 0 Å². The number of rotatable bonds is 3. The van der Waals surface area contributed by atoms with Crippen LogP contribution in [0, 0.1) is 5.82 Å². The van der Waals surface area contributed by atoms with Gasteiger partial charge in [-0.2, -0.15) is 4.98 Å². The van der Waals surface area contributed by atoms with E-state index >= 15 is 0 Å². The molecule has 5 rings (SSSR count). The highest BCUT2D eigenvalue weighted by molar-refractivity contribution is 5.78. The van der Waals surface area contributed by atoms with Crippen LogP contribution in [0.15, 0.2) is 57.8 Å². The van der Waals surface area contributed by atoms with Gasteiger partial charge in [-0.25, -0.2) is 9.37 Å². The second-order valence-corrected chi connectivity index (χ2v) is 7.15. The number of fused-ring (bicyclic) bond motifs is 1. The van der Waals surface area contributed by atoms with E-state index in [9.17, 15) is 9.18 Å². The first-order valence-corrected chi connectivity index (χ1v) is 9.51. The molecular weight excluding hydrogens is 373 g/mol. The zero-order chi connectivity index (χ0) is 19.8. The van der Waals surface area contributed by atoms with E-state index in [1.54, 1.807) is 18.2 Å². The van der Waals surface area contributed by atoms with Gasteiger partial charge in [0.1, 0.15) is 5.82 Å². The second-order valence-electron chi connectivity index (χ2n) is 7.15. The Hall–Kier alpha value is -3.55. The average molecular weight is 391 g/mol. The summed E-state index contributed by atoms with van der Waals surface area (Å²) in [5.41, 5.74) is 1.23. The molecule has 4 aromatic rings. The molecule has 1 N–H and O–H groups in total. The van der Waals surface area contributed by atoms with Crippen LogP contribution in [0.25, 0.3) is 22.3 Å². The molecule has 1 aliphatic heterocycles. The molecule has 0 amide bonds. The summed E-state index contributed by atoms with van der Waals surface area (Å²) in [6.45, 7) is 1.41. The number of benzene rings is 2. The first-order valence-electron chi connectivity index (χ1n) is 9.51. The van der Waals surface area contributed by atoms with Gasteiger partial charge in [0.2, 0.25) is 17.7 Å². The summed E-state index contributed by atoms with van der Waals surface area (Å²) in [4.78, 5) is 26.4. The third-order valence-corrected chi connectivity index (χ3v) is 5.21. The van der Waals surface area contributed by atoms with Gasteiger partial charge in [-0.1, -0.05) is 17.3 Å². The van der Waals surface area contributed by atoms with E-state index in [0.29, 0.717) is 40.7 Å². The molecule has 2 aromatic carbocycles. The van der Waals surface area contributed by atoms with Gasteiger partial charge in [0, 0.05) is 18.7 Å². The fraction of sp³-hybridized carbons (Fsp3) is 0.238. The van der Waals surface area contributed by atoms with Crippen molar-refractivity contribution < 1.29 is 8.91 Å². The largest absolute Gasteiger partial charge is 0.342 e. The lowest BCUT2D eigenvalue weighted by Crippen LogP contribution is -2.36. The molecule has 0 aliphatic carbocycles. The molecule has 7 nitrogen and oxygen atoms in total. The molecular formula is C21H18FN5O2. The number of nitrogens with one attached hydrogen (secondary N) is 1. The highest BCUT2D eigenvalue weighted by Gasteiger charge is 2.27. The number of hydrogen-bond donors (Lipinski definition) is 1. The van der Waals surface area contributed by atoms with Crippen molar-refractivity contribution in [1.82, 2.24) is 20.1 Å². The predicted molar refractivity (Wildman–Crippen MR) is 106 cm³/mol. The summed E-state index contributed by atoms with van der Waals surface area (Å²) >= 11 is 0. The third-order valence-electron chi connectivity index (χ3n) is 5.21. The minimum absolute atomic E-state index is 0.0298. The molecule has 3 heterocycles. The Morgan fingerprint density at radius 3 is 2.79 bits per heavy atom. The Balaban J connectivity index is 1.40. The first-order chi connectivity index (χ1) is 14.2. The molecule has 0 saturated carbocycles. The topological polar surface area (TPSA) is 87.9 Å². The van der Waals surface area contributed by atoms with Crippen molar-refractivity contribution >= 4 is 16.9 Å². The summed E-state index contributed by atoms with van der Waals surface area (Å²) in [5, 5.41) is 4.62. The van der Waals surface area contributed by atoms with E-state index in [0.717, 1.165) is 19.4 Å². The second kappa shape index (κ2) is 7.12. The Kier molecular flexibility index (Phi) is 4.31. The molecule has 29 heavy (non-hydrogen) atoms. The van der Waals surface area contributed by atoms with Crippen molar-refractivity contribution in [3.63, 3.8) is 0 Å². The summed E-state index contributed by atoms with van der Waals surface area (Å²) < 4.78 is 18.6. The van der Waals surface area contributed by atoms with E-state index < -0.39 is 0 Å². The summed E-state index contributed by atoms with van der Waals surface area (Å²) in [6.07, 6.45) is 1.81. The van der Waals surface area contributed by atoms with Crippen LogP contribution in [0.5, 0.6) is 0 Å². The zero-order valence-electron chi connectivity index (χ0n) is 15.5. The van der Waals surface area contributed by atoms with Crippen LogP contribution in [0.4, 0.5) is 10.3 Å². The van der Waals surface area contributed by atoms with Crippen molar-refractivity contribution in [2.75, 3.05) is 18.0 Å². The first kappa shape index (κ1) is 17.5. The number of nitrogens with zero attached hydrogens (tertiary/aromatic N) is 4. The Labute approximate surface area is 165 Å². The van der Waals surface area contributed by atoms with Crippen molar-refractivity contribution in [2.45, 2.75) is 18.8 Å². The lowest BCUT2D eigenvalue weighted by atomic mass is 9.98. The summed E-state index contributed by atoms with van der Waals surface area (Å²) in [7, 11) is 0.